The molecule has 4 rings (SSSR count). The van der Waals surface area contributed by atoms with Crippen LogP contribution in [0.5, 0.6) is 5.75 Å². The lowest BCUT2D eigenvalue weighted by atomic mass is 9.55. The summed E-state index contributed by atoms with van der Waals surface area (Å²) >= 11 is 0. The number of carbonyl (C=O) groups excluding carboxylic acids is 1. The molecule has 3 aliphatic rings. The van der Waals surface area contributed by atoms with Crippen LogP contribution in [0.2, 0.25) is 19.6 Å². The second kappa shape index (κ2) is 6.20. The zero-order valence-electron chi connectivity index (χ0n) is 16.8. The first-order valence-corrected chi connectivity index (χ1v) is 13.5. The standard InChI is InChI=1S/C22H32O3Si/c1-22-11-10-17-16-9-7-15(25-26(3,4)5)12-14(16)6-8-18(17)21(22)19(24-2)13-20(22)23/h7,9,12,17-19,21H,6,8,10-11,13H2,1-5H3. The summed E-state index contributed by atoms with van der Waals surface area (Å²) in [7, 11) is 0.201. The molecule has 0 amide bonds. The normalized spacial score (nSPS) is 36.3. The Morgan fingerprint density at radius 2 is 1.96 bits per heavy atom. The molecular weight excluding hydrogens is 340 g/mol. The van der Waals surface area contributed by atoms with Gasteiger partial charge in [0.25, 0.3) is 0 Å². The number of ether oxygens (including phenoxy) is 1. The van der Waals surface area contributed by atoms with Crippen molar-refractivity contribution in [3.8, 4) is 5.75 Å². The molecule has 1 aromatic carbocycles. The summed E-state index contributed by atoms with van der Waals surface area (Å²) < 4.78 is 12.0. The van der Waals surface area contributed by atoms with Crippen molar-refractivity contribution in [2.75, 3.05) is 7.11 Å². The minimum absolute atomic E-state index is 0.108. The van der Waals surface area contributed by atoms with Crippen molar-refractivity contribution in [1.29, 1.82) is 0 Å². The van der Waals surface area contributed by atoms with E-state index < -0.39 is 8.32 Å². The number of fused-ring (bicyclic) bond motifs is 5. The maximum atomic E-state index is 12.7. The van der Waals surface area contributed by atoms with Crippen molar-refractivity contribution in [3.63, 3.8) is 0 Å². The van der Waals surface area contributed by atoms with E-state index in [9.17, 15) is 4.79 Å². The van der Waals surface area contributed by atoms with Crippen LogP contribution in [0.15, 0.2) is 18.2 Å². The predicted molar refractivity (Wildman–Crippen MR) is 106 cm³/mol. The van der Waals surface area contributed by atoms with Crippen molar-refractivity contribution >= 4 is 14.1 Å². The molecule has 142 valence electrons. The Hall–Kier alpha value is -1.13. The van der Waals surface area contributed by atoms with E-state index >= 15 is 0 Å². The van der Waals surface area contributed by atoms with Crippen molar-refractivity contribution in [2.24, 2.45) is 17.3 Å². The van der Waals surface area contributed by atoms with Crippen LogP contribution >= 0.6 is 0 Å². The lowest BCUT2D eigenvalue weighted by Crippen LogP contribution is -2.45. The van der Waals surface area contributed by atoms with Crippen LogP contribution in [0.1, 0.15) is 49.7 Å². The highest BCUT2D eigenvalue weighted by molar-refractivity contribution is 6.70. The summed E-state index contributed by atoms with van der Waals surface area (Å²) in [5.41, 5.74) is 2.80. The molecule has 5 atom stereocenters. The van der Waals surface area contributed by atoms with Crippen molar-refractivity contribution in [2.45, 2.75) is 70.7 Å². The minimum Gasteiger partial charge on any atom is -0.544 e. The fraction of sp³-hybridized carbons (Fsp3) is 0.682. The van der Waals surface area contributed by atoms with E-state index in [1.54, 1.807) is 7.11 Å². The molecule has 3 aliphatic carbocycles. The van der Waals surface area contributed by atoms with Gasteiger partial charge in [0.05, 0.1) is 6.10 Å². The van der Waals surface area contributed by atoms with Gasteiger partial charge in [-0.15, -0.1) is 0 Å². The van der Waals surface area contributed by atoms with Crippen LogP contribution in [-0.2, 0) is 16.0 Å². The van der Waals surface area contributed by atoms with Gasteiger partial charge in [-0.25, -0.2) is 0 Å². The van der Waals surface area contributed by atoms with Gasteiger partial charge < -0.3 is 9.16 Å². The number of aryl methyl sites for hydroxylation is 1. The average Bonchev–Trinajstić information content (AvgIpc) is 2.84. The quantitative estimate of drug-likeness (QED) is 0.704. The Kier molecular flexibility index (Phi) is 4.35. The molecule has 4 heteroatoms. The predicted octanol–water partition coefficient (Wildman–Crippen LogP) is 4.95. The van der Waals surface area contributed by atoms with E-state index in [0.717, 1.165) is 25.0 Å². The molecule has 3 nitrogen and oxygen atoms in total. The number of benzene rings is 1. The third kappa shape index (κ3) is 2.86. The number of rotatable bonds is 3. The van der Waals surface area contributed by atoms with Crippen LogP contribution in [0, 0.1) is 17.3 Å². The van der Waals surface area contributed by atoms with Gasteiger partial charge in [0.1, 0.15) is 11.5 Å². The maximum absolute atomic E-state index is 12.7. The number of carbonyl (C=O) groups is 1. The number of methoxy groups -OCH3 is 1. The highest BCUT2D eigenvalue weighted by Crippen LogP contribution is 2.60. The average molecular weight is 373 g/mol. The van der Waals surface area contributed by atoms with Gasteiger partial charge in [-0.1, -0.05) is 13.0 Å². The van der Waals surface area contributed by atoms with Crippen LogP contribution in [-0.4, -0.2) is 27.3 Å². The van der Waals surface area contributed by atoms with Crippen LogP contribution in [0.25, 0.3) is 0 Å². The topological polar surface area (TPSA) is 35.5 Å². The van der Waals surface area contributed by atoms with Crippen molar-refractivity contribution in [1.82, 2.24) is 0 Å². The molecule has 0 spiro atoms. The SMILES string of the molecule is COC1CC(=O)C2(C)CCC3c4ccc(O[Si](C)(C)C)cc4CCC3C12. The fourth-order valence-electron chi connectivity index (χ4n) is 6.01. The first-order valence-electron chi connectivity index (χ1n) is 10.1. The second-order valence-electron chi connectivity index (χ2n) is 9.77. The lowest BCUT2D eigenvalue weighted by molar-refractivity contribution is -0.129. The second-order valence-corrected chi connectivity index (χ2v) is 14.2. The fourth-order valence-corrected chi connectivity index (χ4v) is 6.84. The largest absolute Gasteiger partial charge is 0.544 e. The van der Waals surface area contributed by atoms with E-state index in [2.05, 4.69) is 44.8 Å². The molecule has 0 aliphatic heterocycles. The van der Waals surface area contributed by atoms with E-state index in [4.69, 9.17) is 9.16 Å². The molecule has 5 unspecified atom stereocenters. The highest BCUT2D eigenvalue weighted by Gasteiger charge is 2.59. The van der Waals surface area contributed by atoms with E-state index in [1.807, 2.05) is 0 Å². The summed E-state index contributed by atoms with van der Waals surface area (Å²) in [5.74, 6) is 2.98. The molecule has 0 bridgehead atoms. The van der Waals surface area contributed by atoms with Crippen LogP contribution in [0.3, 0.4) is 0 Å². The molecule has 0 heterocycles. The lowest BCUT2D eigenvalue weighted by Gasteiger charge is -2.49. The zero-order valence-corrected chi connectivity index (χ0v) is 17.8. The zero-order chi connectivity index (χ0) is 18.7. The number of Topliss-reactive ketones (excluding diaryl/α,β-unsaturated/α-hetero) is 1. The number of hydrogen-bond acceptors (Lipinski definition) is 3. The van der Waals surface area contributed by atoms with Gasteiger partial charge >= 0.3 is 0 Å². The maximum Gasteiger partial charge on any atom is 0.242 e. The molecule has 1 aromatic rings. The molecule has 2 saturated carbocycles. The first-order chi connectivity index (χ1) is 12.2. The molecule has 2 fully saturated rings. The Balaban J connectivity index is 1.65. The molecule has 0 aromatic heterocycles. The third-order valence-corrected chi connectivity index (χ3v) is 7.95. The summed E-state index contributed by atoms with van der Waals surface area (Å²) in [6.07, 6.45) is 5.11. The van der Waals surface area contributed by atoms with Gasteiger partial charge in [0.15, 0.2) is 0 Å². The molecular formula is C22H32O3Si. The van der Waals surface area contributed by atoms with Gasteiger partial charge in [-0.2, -0.15) is 0 Å². The summed E-state index contributed by atoms with van der Waals surface area (Å²) in [5, 5.41) is 0. The van der Waals surface area contributed by atoms with Gasteiger partial charge in [-0.05, 0) is 80.4 Å². The van der Waals surface area contributed by atoms with Gasteiger partial charge in [0.2, 0.25) is 8.32 Å². The van der Waals surface area contributed by atoms with Gasteiger partial charge in [0, 0.05) is 24.9 Å². The van der Waals surface area contributed by atoms with E-state index in [0.29, 0.717) is 30.0 Å². The molecule has 26 heavy (non-hydrogen) atoms. The first kappa shape index (κ1) is 18.2. The molecule has 0 saturated heterocycles. The third-order valence-electron chi connectivity index (χ3n) is 7.10. The number of hydrogen-bond donors (Lipinski definition) is 0. The Morgan fingerprint density at radius 3 is 2.65 bits per heavy atom. The van der Waals surface area contributed by atoms with Gasteiger partial charge in [-0.3, -0.25) is 4.79 Å². The summed E-state index contributed by atoms with van der Waals surface area (Å²) in [6, 6.07) is 6.76. The molecule has 0 radical (unpaired) electrons. The van der Waals surface area contributed by atoms with Crippen LogP contribution < -0.4 is 4.43 Å². The Labute approximate surface area is 158 Å². The van der Waals surface area contributed by atoms with E-state index in [1.165, 1.54) is 17.5 Å². The Morgan fingerprint density at radius 1 is 1.19 bits per heavy atom. The van der Waals surface area contributed by atoms with E-state index in [-0.39, 0.29) is 11.5 Å². The monoisotopic (exact) mass is 372 g/mol. The number of ketones is 1. The highest BCUT2D eigenvalue weighted by atomic mass is 28.4. The smallest absolute Gasteiger partial charge is 0.242 e. The summed E-state index contributed by atoms with van der Waals surface area (Å²) in [6.45, 7) is 8.89. The Bertz CT molecular complexity index is 723. The van der Waals surface area contributed by atoms with Crippen molar-refractivity contribution in [3.05, 3.63) is 29.3 Å². The summed E-state index contributed by atoms with van der Waals surface area (Å²) in [4.78, 5) is 12.7. The van der Waals surface area contributed by atoms with Crippen molar-refractivity contribution < 1.29 is 14.0 Å². The molecule has 0 N–H and O–H groups in total. The minimum atomic E-state index is -1.58. The van der Waals surface area contributed by atoms with Crippen LogP contribution in [0.4, 0.5) is 0 Å².